The Kier molecular flexibility index (Phi) is 10.7. The van der Waals surface area contributed by atoms with Gasteiger partial charge in [0, 0.05) is 24.5 Å². The second kappa shape index (κ2) is 13.3. The monoisotopic (exact) mass is 394 g/mol. The summed E-state index contributed by atoms with van der Waals surface area (Å²) in [6, 6.07) is 13.7. The summed E-state index contributed by atoms with van der Waals surface area (Å²) >= 11 is 0. The zero-order chi connectivity index (χ0) is 20.9. The van der Waals surface area contributed by atoms with E-state index in [0.717, 1.165) is 19.5 Å². The Balaban J connectivity index is 1.85. The van der Waals surface area contributed by atoms with Crippen molar-refractivity contribution >= 4 is 11.4 Å². The second-order valence-electron chi connectivity index (χ2n) is 8.45. The molecule has 0 saturated carbocycles. The average Bonchev–Trinajstić information content (AvgIpc) is 2.70. The first-order valence-corrected chi connectivity index (χ1v) is 11.8. The third kappa shape index (κ3) is 8.51. The molecule has 0 aliphatic heterocycles. The maximum absolute atomic E-state index is 3.60. The van der Waals surface area contributed by atoms with Gasteiger partial charge in [0.15, 0.2) is 0 Å². The van der Waals surface area contributed by atoms with Gasteiger partial charge < -0.3 is 10.6 Å². The molecule has 0 aromatic heterocycles. The van der Waals surface area contributed by atoms with Gasteiger partial charge in [-0.05, 0) is 67.5 Å². The molecule has 0 heterocycles. The first-order chi connectivity index (χ1) is 14.1. The second-order valence-corrected chi connectivity index (χ2v) is 8.45. The molecule has 2 heteroatoms. The molecule has 2 nitrogen and oxygen atoms in total. The van der Waals surface area contributed by atoms with E-state index in [1.165, 1.54) is 85.0 Å². The topological polar surface area (TPSA) is 24.1 Å². The van der Waals surface area contributed by atoms with Crippen molar-refractivity contribution in [3.05, 3.63) is 58.7 Å². The third-order valence-electron chi connectivity index (χ3n) is 5.68. The average molecular weight is 395 g/mol. The summed E-state index contributed by atoms with van der Waals surface area (Å²) in [4.78, 5) is 0. The van der Waals surface area contributed by atoms with Crippen LogP contribution in [0.2, 0.25) is 0 Å². The van der Waals surface area contributed by atoms with Crippen molar-refractivity contribution in [2.45, 2.75) is 85.5 Å². The van der Waals surface area contributed by atoms with Gasteiger partial charge in [0.05, 0.1) is 0 Å². The minimum Gasteiger partial charge on any atom is -0.385 e. The normalized spacial score (nSPS) is 10.9. The van der Waals surface area contributed by atoms with Gasteiger partial charge in [-0.2, -0.15) is 0 Å². The molecule has 0 atom stereocenters. The number of unbranched alkanes of at least 4 members (excludes halogenated alkanes) is 6. The highest BCUT2D eigenvalue weighted by atomic mass is 14.9. The predicted molar refractivity (Wildman–Crippen MR) is 130 cm³/mol. The number of nitrogens with one attached hydrogen (secondary N) is 2. The zero-order valence-electron chi connectivity index (χ0n) is 19.2. The lowest BCUT2D eigenvalue weighted by Gasteiger charge is -2.13. The molecule has 160 valence electrons. The van der Waals surface area contributed by atoms with E-state index in [-0.39, 0.29) is 0 Å². The van der Waals surface area contributed by atoms with Crippen molar-refractivity contribution in [1.82, 2.24) is 0 Å². The van der Waals surface area contributed by atoms with E-state index >= 15 is 0 Å². The molecule has 0 fully saturated rings. The van der Waals surface area contributed by atoms with Crippen LogP contribution in [0.25, 0.3) is 0 Å². The molecule has 0 aliphatic rings. The third-order valence-corrected chi connectivity index (χ3v) is 5.68. The number of benzene rings is 2. The smallest absolute Gasteiger partial charge is 0.0370 e. The summed E-state index contributed by atoms with van der Waals surface area (Å²) in [5.41, 5.74) is 8.03. The lowest BCUT2D eigenvalue weighted by molar-refractivity contribution is 0.685. The molecule has 0 bridgehead atoms. The van der Waals surface area contributed by atoms with E-state index in [4.69, 9.17) is 0 Å². The first kappa shape index (κ1) is 23.3. The molecule has 0 spiro atoms. The van der Waals surface area contributed by atoms with Gasteiger partial charge in [-0.25, -0.2) is 0 Å². The van der Waals surface area contributed by atoms with Crippen LogP contribution in [0.4, 0.5) is 11.4 Å². The van der Waals surface area contributed by atoms with Crippen molar-refractivity contribution in [1.29, 1.82) is 0 Å². The van der Waals surface area contributed by atoms with Crippen LogP contribution in [-0.4, -0.2) is 13.1 Å². The van der Waals surface area contributed by atoms with Crippen LogP contribution < -0.4 is 10.6 Å². The standard InChI is InChI=1S/C27H42N2/c1-5-7-9-11-17-28-26-15-13-24(19-22(26)3)21-25-14-16-27(23(4)20-25)29-18-12-10-8-6-2/h13-16,19-20,28-29H,5-12,17-18,21H2,1-4H3. The summed E-state index contributed by atoms with van der Waals surface area (Å²) in [5.74, 6) is 0. The lowest BCUT2D eigenvalue weighted by Crippen LogP contribution is -2.04. The number of hydrogen-bond acceptors (Lipinski definition) is 2. The van der Waals surface area contributed by atoms with Crippen LogP contribution in [-0.2, 0) is 6.42 Å². The predicted octanol–water partition coefficient (Wildman–Crippen LogP) is 7.88. The van der Waals surface area contributed by atoms with Crippen LogP contribution in [0.15, 0.2) is 36.4 Å². The quantitative estimate of drug-likeness (QED) is 0.318. The highest BCUT2D eigenvalue weighted by Crippen LogP contribution is 2.22. The van der Waals surface area contributed by atoms with E-state index in [0.29, 0.717) is 0 Å². The van der Waals surface area contributed by atoms with Gasteiger partial charge in [-0.15, -0.1) is 0 Å². The fraction of sp³-hybridized carbons (Fsp3) is 0.556. The molecule has 0 unspecified atom stereocenters. The summed E-state index contributed by atoms with van der Waals surface area (Å²) in [7, 11) is 0. The Morgan fingerprint density at radius 2 is 1.03 bits per heavy atom. The minimum absolute atomic E-state index is 0.995. The van der Waals surface area contributed by atoms with Gasteiger partial charge in [0.2, 0.25) is 0 Å². The van der Waals surface area contributed by atoms with Crippen LogP contribution >= 0.6 is 0 Å². The van der Waals surface area contributed by atoms with Crippen molar-refractivity contribution in [3.63, 3.8) is 0 Å². The highest BCUT2D eigenvalue weighted by molar-refractivity contribution is 5.54. The Bertz CT molecular complexity index is 659. The number of rotatable bonds is 14. The summed E-state index contributed by atoms with van der Waals surface area (Å²) in [6.45, 7) is 11.1. The Morgan fingerprint density at radius 1 is 0.586 bits per heavy atom. The summed E-state index contributed by atoms with van der Waals surface area (Å²) < 4.78 is 0. The van der Waals surface area contributed by atoms with Crippen molar-refractivity contribution in [2.24, 2.45) is 0 Å². The fourth-order valence-corrected chi connectivity index (χ4v) is 3.85. The fourth-order valence-electron chi connectivity index (χ4n) is 3.85. The molecule has 2 rings (SSSR count). The maximum atomic E-state index is 3.60. The van der Waals surface area contributed by atoms with Crippen LogP contribution in [0.1, 0.15) is 87.5 Å². The summed E-state index contributed by atoms with van der Waals surface area (Å²) in [6.07, 6.45) is 11.4. The zero-order valence-corrected chi connectivity index (χ0v) is 19.2. The molecule has 2 aromatic carbocycles. The molecule has 29 heavy (non-hydrogen) atoms. The lowest BCUT2D eigenvalue weighted by atomic mass is 10.00. The molecule has 2 aromatic rings. The molecule has 2 N–H and O–H groups in total. The Labute approximate surface area is 179 Å². The largest absolute Gasteiger partial charge is 0.385 e. The van der Waals surface area contributed by atoms with Crippen molar-refractivity contribution in [2.75, 3.05) is 23.7 Å². The van der Waals surface area contributed by atoms with Gasteiger partial charge in [-0.3, -0.25) is 0 Å². The van der Waals surface area contributed by atoms with Crippen LogP contribution in [0, 0.1) is 13.8 Å². The van der Waals surface area contributed by atoms with Gasteiger partial charge in [-0.1, -0.05) is 76.6 Å². The van der Waals surface area contributed by atoms with E-state index in [9.17, 15) is 0 Å². The minimum atomic E-state index is 0.995. The van der Waals surface area contributed by atoms with E-state index in [1.54, 1.807) is 0 Å². The number of aryl methyl sites for hydroxylation is 2. The Hall–Kier alpha value is -1.96. The van der Waals surface area contributed by atoms with E-state index < -0.39 is 0 Å². The van der Waals surface area contributed by atoms with Crippen LogP contribution in [0.5, 0.6) is 0 Å². The van der Waals surface area contributed by atoms with Crippen LogP contribution in [0.3, 0.4) is 0 Å². The SMILES string of the molecule is CCCCCCNc1ccc(Cc2ccc(NCCCCCC)c(C)c2)cc1C. The Morgan fingerprint density at radius 3 is 1.41 bits per heavy atom. The number of hydrogen-bond donors (Lipinski definition) is 2. The van der Waals surface area contributed by atoms with Gasteiger partial charge in [0.25, 0.3) is 0 Å². The molecule has 0 aliphatic carbocycles. The maximum Gasteiger partial charge on any atom is 0.0370 e. The van der Waals surface area contributed by atoms with E-state index in [1.807, 2.05) is 0 Å². The highest BCUT2D eigenvalue weighted by Gasteiger charge is 2.04. The molecular formula is C27H42N2. The molecule has 0 amide bonds. The van der Waals surface area contributed by atoms with Gasteiger partial charge in [0.1, 0.15) is 0 Å². The molecular weight excluding hydrogens is 352 g/mol. The molecule has 0 radical (unpaired) electrons. The summed E-state index contributed by atoms with van der Waals surface area (Å²) in [5, 5.41) is 7.21. The molecule has 0 saturated heterocycles. The van der Waals surface area contributed by atoms with E-state index in [2.05, 4.69) is 74.7 Å². The van der Waals surface area contributed by atoms with Gasteiger partial charge >= 0.3 is 0 Å². The van der Waals surface area contributed by atoms with Crippen molar-refractivity contribution in [3.8, 4) is 0 Å². The number of anilines is 2. The van der Waals surface area contributed by atoms with Crippen molar-refractivity contribution < 1.29 is 0 Å². The first-order valence-electron chi connectivity index (χ1n) is 11.8.